The maximum Gasteiger partial charge on any atom is 0.261 e. The molecule has 90 valence electrons. The van der Waals surface area contributed by atoms with Crippen molar-refractivity contribution in [3.63, 3.8) is 0 Å². The van der Waals surface area contributed by atoms with E-state index in [4.69, 9.17) is 11.6 Å². The molecule has 0 saturated heterocycles. The average molecular weight is 259 g/mol. The summed E-state index contributed by atoms with van der Waals surface area (Å²) in [6.07, 6.45) is 2.47. The molecule has 18 heavy (non-hydrogen) atoms. The fraction of sp³-hybridized carbons (Fsp3) is 0.143. The molecule has 1 aromatic heterocycles. The molecule has 0 fully saturated rings. The van der Waals surface area contributed by atoms with E-state index < -0.39 is 0 Å². The zero-order valence-electron chi connectivity index (χ0n) is 9.64. The van der Waals surface area contributed by atoms with E-state index in [-0.39, 0.29) is 11.1 Å². The Morgan fingerprint density at radius 1 is 1.22 bits per heavy atom. The quantitative estimate of drug-likeness (QED) is 0.737. The lowest BCUT2D eigenvalue weighted by Crippen LogP contribution is -2.29. The Balaban J connectivity index is 1.99. The minimum atomic E-state index is -0.0851. The van der Waals surface area contributed by atoms with Crippen molar-refractivity contribution >= 4 is 23.2 Å². The van der Waals surface area contributed by atoms with Gasteiger partial charge in [-0.1, -0.05) is 29.8 Å². The van der Waals surface area contributed by atoms with Gasteiger partial charge in [0, 0.05) is 18.4 Å². The SMILES string of the molecule is O=C(c1cccnc1Cl)N1CCc2ccccc21. The highest BCUT2D eigenvalue weighted by Gasteiger charge is 2.26. The number of carbonyl (C=O) groups excluding carboxylic acids is 1. The topological polar surface area (TPSA) is 33.2 Å². The molecule has 0 radical (unpaired) electrons. The summed E-state index contributed by atoms with van der Waals surface area (Å²) in [5, 5.41) is 0.256. The molecule has 1 aliphatic rings. The van der Waals surface area contributed by atoms with Crippen molar-refractivity contribution in [2.24, 2.45) is 0 Å². The van der Waals surface area contributed by atoms with Crippen LogP contribution in [0.4, 0.5) is 5.69 Å². The van der Waals surface area contributed by atoms with Crippen LogP contribution in [0.5, 0.6) is 0 Å². The van der Waals surface area contributed by atoms with Crippen LogP contribution in [0.25, 0.3) is 0 Å². The molecule has 0 unspecified atom stereocenters. The van der Waals surface area contributed by atoms with E-state index in [0.29, 0.717) is 12.1 Å². The second-order valence-electron chi connectivity index (χ2n) is 4.18. The average Bonchev–Trinajstić information content (AvgIpc) is 2.82. The van der Waals surface area contributed by atoms with Gasteiger partial charge in [-0.05, 0) is 30.2 Å². The Kier molecular flexibility index (Phi) is 2.76. The van der Waals surface area contributed by atoms with Crippen molar-refractivity contribution in [1.29, 1.82) is 0 Å². The number of carbonyl (C=O) groups is 1. The summed E-state index contributed by atoms with van der Waals surface area (Å²) >= 11 is 5.97. The van der Waals surface area contributed by atoms with Crippen LogP contribution < -0.4 is 4.90 Å². The number of halogens is 1. The van der Waals surface area contributed by atoms with Crippen molar-refractivity contribution in [3.05, 3.63) is 58.9 Å². The van der Waals surface area contributed by atoms with Crippen molar-refractivity contribution in [1.82, 2.24) is 4.98 Å². The van der Waals surface area contributed by atoms with E-state index in [2.05, 4.69) is 4.98 Å². The molecule has 0 bridgehead atoms. The number of pyridine rings is 1. The lowest BCUT2D eigenvalue weighted by Gasteiger charge is -2.17. The summed E-state index contributed by atoms with van der Waals surface area (Å²) < 4.78 is 0. The molecule has 1 aliphatic heterocycles. The second-order valence-corrected chi connectivity index (χ2v) is 4.54. The first-order valence-corrected chi connectivity index (χ1v) is 6.15. The van der Waals surface area contributed by atoms with Crippen LogP contribution in [0.15, 0.2) is 42.6 Å². The van der Waals surface area contributed by atoms with Gasteiger partial charge >= 0.3 is 0 Å². The number of nitrogens with zero attached hydrogens (tertiary/aromatic N) is 2. The summed E-state index contributed by atoms with van der Waals surface area (Å²) in [5.41, 5.74) is 2.63. The fourth-order valence-corrected chi connectivity index (χ4v) is 2.44. The van der Waals surface area contributed by atoms with Gasteiger partial charge in [0.2, 0.25) is 0 Å². The summed E-state index contributed by atoms with van der Waals surface area (Å²) in [7, 11) is 0. The number of hydrogen-bond acceptors (Lipinski definition) is 2. The van der Waals surface area contributed by atoms with Crippen LogP contribution in [0.2, 0.25) is 5.15 Å². The smallest absolute Gasteiger partial charge is 0.261 e. The van der Waals surface area contributed by atoms with Gasteiger partial charge in [0.25, 0.3) is 5.91 Å². The second kappa shape index (κ2) is 4.42. The van der Waals surface area contributed by atoms with Gasteiger partial charge in [-0.3, -0.25) is 4.79 Å². The number of para-hydroxylation sites is 1. The van der Waals surface area contributed by atoms with Crippen LogP contribution in [-0.2, 0) is 6.42 Å². The van der Waals surface area contributed by atoms with Crippen LogP contribution in [0.1, 0.15) is 15.9 Å². The predicted molar refractivity (Wildman–Crippen MR) is 71.1 cm³/mol. The van der Waals surface area contributed by atoms with Gasteiger partial charge < -0.3 is 4.90 Å². The monoisotopic (exact) mass is 258 g/mol. The molecule has 2 heterocycles. The van der Waals surface area contributed by atoms with Crippen molar-refractivity contribution in [2.45, 2.75) is 6.42 Å². The molecule has 3 nitrogen and oxygen atoms in total. The highest BCUT2D eigenvalue weighted by atomic mass is 35.5. The third-order valence-electron chi connectivity index (χ3n) is 3.12. The maximum absolute atomic E-state index is 12.4. The summed E-state index contributed by atoms with van der Waals surface area (Å²) in [4.78, 5) is 18.1. The largest absolute Gasteiger partial charge is 0.308 e. The number of rotatable bonds is 1. The molecule has 2 aromatic rings. The lowest BCUT2D eigenvalue weighted by atomic mass is 10.2. The fourth-order valence-electron chi connectivity index (χ4n) is 2.24. The van der Waals surface area contributed by atoms with Crippen molar-refractivity contribution in [2.75, 3.05) is 11.4 Å². The molecule has 1 aromatic carbocycles. The first-order valence-electron chi connectivity index (χ1n) is 5.77. The number of benzene rings is 1. The Labute approximate surface area is 110 Å². The Morgan fingerprint density at radius 2 is 2.06 bits per heavy atom. The number of fused-ring (bicyclic) bond motifs is 1. The first kappa shape index (κ1) is 11.2. The molecule has 0 saturated carbocycles. The summed E-state index contributed by atoms with van der Waals surface area (Å²) in [5.74, 6) is -0.0851. The van der Waals surface area contributed by atoms with Crippen molar-refractivity contribution in [3.8, 4) is 0 Å². The number of amides is 1. The van der Waals surface area contributed by atoms with Crippen LogP contribution in [-0.4, -0.2) is 17.4 Å². The first-order chi connectivity index (χ1) is 8.77. The van der Waals surface area contributed by atoms with E-state index in [1.807, 2.05) is 24.3 Å². The minimum Gasteiger partial charge on any atom is -0.308 e. The number of anilines is 1. The van der Waals surface area contributed by atoms with Crippen LogP contribution in [0.3, 0.4) is 0 Å². The van der Waals surface area contributed by atoms with E-state index in [9.17, 15) is 4.79 Å². The molecule has 1 amide bonds. The lowest BCUT2D eigenvalue weighted by molar-refractivity contribution is 0.0989. The number of aromatic nitrogens is 1. The van der Waals surface area contributed by atoms with Gasteiger partial charge in [-0.2, -0.15) is 0 Å². The zero-order valence-corrected chi connectivity index (χ0v) is 10.4. The summed E-state index contributed by atoms with van der Waals surface area (Å²) in [6, 6.07) is 11.4. The van der Waals surface area contributed by atoms with Crippen LogP contribution >= 0.6 is 11.6 Å². The van der Waals surface area contributed by atoms with Gasteiger partial charge in [-0.15, -0.1) is 0 Å². The van der Waals surface area contributed by atoms with Gasteiger partial charge in [0.05, 0.1) is 5.56 Å². The molecule has 0 atom stereocenters. The van der Waals surface area contributed by atoms with E-state index in [0.717, 1.165) is 12.1 Å². The molecular weight excluding hydrogens is 248 g/mol. The molecule has 4 heteroatoms. The molecule has 0 N–H and O–H groups in total. The standard InChI is InChI=1S/C14H11ClN2O/c15-13-11(5-3-8-16-13)14(18)17-9-7-10-4-1-2-6-12(10)17/h1-6,8H,7,9H2. The molecule has 3 rings (SSSR count). The summed E-state index contributed by atoms with van der Waals surface area (Å²) in [6.45, 7) is 0.698. The maximum atomic E-state index is 12.4. The highest BCUT2D eigenvalue weighted by molar-refractivity contribution is 6.33. The number of hydrogen-bond donors (Lipinski definition) is 0. The Bertz CT molecular complexity index is 612. The zero-order chi connectivity index (χ0) is 12.5. The Hall–Kier alpha value is -1.87. The predicted octanol–water partition coefficient (Wildman–Crippen LogP) is 2.94. The third-order valence-corrected chi connectivity index (χ3v) is 3.42. The molecule has 0 spiro atoms. The van der Waals surface area contributed by atoms with E-state index in [1.165, 1.54) is 5.56 Å². The normalized spacial score (nSPS) is 13.5. The van der Waals surface area contributed by atoms with Crippen molar-refractivity contribution < 1.29 is 4.79 Å². The van der Waals surface area contributed by atoms with Gasteiger partial charge in [0.15, 0.2) is 0 Å². The molecular formula is C14H11ClN2O. The third kappa shape index (κ3) is 1.77. The van der Waals surface area contributed by atoms with E-state index >= 15 is 0 Å². The minimum absolute atomic E-state index is 0.0851. The van der Waals surface area contributed by atoms with Gasteiger partial charge in [0.1, 0.15) is 5.15 Å². The van der Waals surface area contributed by atoms with E-state index in [1.54, 1.807) is 23.2 Å². The Morgan fingerprint density at radius 3 is 2.89 bits per heavy atom. The van der Waals surface area contributed by atoms with Crippen LogP contribution in [0, 0.1) is 0 Å². The van der Waals surface area contributed by atoms with Gasteiger partial charge in [-0.25, -0.2) is 4.98 Å². The molecule has 0 aliphatic carbocycles. The highest BCUT2D eigenvalue weighted by Crippen LogP contribution is 2.29.